The van der Waals surface area contributed by atoms with Gasteiger partial charge in [0.2, 0.25) is 11.8 Å². The maximum Gasteiger partial charge on any atom is 0.234 e. The minimum Gasteiger partial charge on any atom is -0.497 e. The summed E-state index contributed by atoms with van der Waals surface area (Å²) in [6.07, 6.45) is 0.216. The molecule has 1 unspecified atom stereocenters. The van der Waals surface area contributed by atoms with Crippen LogP contribution in [0.2, 0.25) is 0 Å². The Kier molecular flexibility index (Phi) is 8.88. The number of hydrogen-bond donors (Lipinski definition) is 0. The minimum atomic E-state index is -0.393. The molecule has 34 heavy (non-hydrogen) atoms. The molecule has 0 bridgehead atoms. The number of carbonyl (C=O) groups excluding carboxylic acids is 2. The first-order chi connectivity index (χ1) is 16.0. The molecule has 0 saturated carbocycles. The van der Waals surface area contributed by atoms with Crippen LogP contribution in [0.25, 0.3) is 10.2 Å². The van der Waals surface area contributed by atoms with E-state index in [2.05, 4.69) is 18.7 Å². The van der Waals surface area contributed by atoms with E-state index in [4.69, 9.17) is 9.72 Å². The van der Waals surface area contributed by atoms with Crippen molar-refractivity contribution >= 4 is 56.6 Å². The fourth-order valence-electron chi connectivity index (χ4n) is 4.17. The van der Waals surface area contributed by atoms with Gasteiger partial charge in [-0.1, -0.05) is 43.4 Å². The number of para-hydroxylation sites is 1. The summed E-state index contributed by atoms with van der Waals surface area (Å²) < 4.78 is 6.31. The highest BCUT2D eigenvalue weighted by Gasteiger charge is 2.38. The van der Waals surface area contributed by atoms with Crippen LogP contribution in [-0.4, -0.2) is 61.5 Å². The predicted octanol–water partition coefficient (Wildman–Crippen LogP) is 4.45. The standard InChI is InChI=1S/C25H30N4O3S.ClH/c1-4-27(5-2)13-14-28(25-26-21-12-11-20(32-3)16-22(21)33-25)24(31)18-15-23(30)29(17-18)19-9-7-6-8-10-19;/h6-12,16,18H,4-5,13-15,17H2,1-3H3;1H. The van der Waals surface area contributed by atoms with Crippen molar-refractivity contribution in [2.45, 2.75) is 20.3 Å². The smallest absolute Gasteiger partial charge is 0.234 e. The number of likely N-dealkylation sites (N-methyl/N-ethyl adjacent to an activating group) is 1. The Morgan fingerprint density at radius 2 is 1.88 bits per heavy atom. The molecule has 1 atom stereocenters. The molecular weight excluding hydrogens is 472 g/mol. The number of halogens is 1. The van der Waals surface area contributed by atoms with Gasteiger partial charge < -0.3 is 14.5 Å². The highest BCUT2D eigenvalue weighted by molar-refractivity contribution is 7.22. The van der Waals surface area contributed by atoms with Crippen LogP contribution in [0.15, 0.2) is 48.5 Å². The van der Waals surface area contributed by atoms with Crippen LogP contribution in [0, 0.1) is 5.92 Å². The third kappa shape index (κ3) is 5.51. The summed E-state index contributed by atoms with van der Waals surface area (Å²) in [7, 11) is 1.64. The Balaban J connectivity index is 0.00000324. The highest BCUT2D eigenvalue weighted by atomic mass is 35.5. The molecule has 1 saturated heterocycles. The SMILES string of the molecule is CCN(CC)CCN(C(=O)C1CC(=O)N(c2ccccc2)C1)c1nc2ccc(OC)cc2s1.Cl. The molecule has 1 aliphatic heterocycles. The molecule has 0 aliphatic carbocycles. The monoisotopic (exact) mass is 502 g/mol. The van der Waals surface area contributed by atoms with Gasteiger partial charge in [0, 0.05) is 31.7 Å². The van der Waals surface area contributed by atoms with Gasteiger partial charge in [-0.15, -0.1) is 12.4 Å². The predicted molar refractivity (Wildman–Crippen MR) is 140 cm³/mol. The normalized spacial score (nSPS) is 15.6. The molecule has 0 spiro atoms. The summed E-state index contributed by atoms with van der Waals surface area (Å²) in [5, 5.41) is 0.668. The van der Waals surface area contributed by atoms with Gasteiger partial charge in [0.1, 0.15) is 5.75 Å². The van der Waals surface area contributed by atoms with Gasteiger partial charge in [0.25, 0.3) is 0 Å². The minimum absolute atomic E-state index is 0. The van der Waals surface area contributed by atoms with Crippen molar-refractivity contribution < 1.29 is 14.3 Å². The fourth-order valence-corrected chi connectivity index (χ4v) is 5.19. The topological polar surface area (TPSA) is 66.0 Å². The van der Waals surface area contributed by atoms with E-state index in [1.807, 2.05) is 48.5 Å². The average molecular weight is 503 g/mol. The number of carbonyl (C=O) groups is 2. The van der Waals surface area contributed by atoms with Gasteiger partial charge in [0.05, 0.1) is 23.2 Å². The zero-order valence-corrected chi connectivity index (χ0v) is 21.4. The molecule has 1 aliphatic rings. The molecule has 9 heteroatoms. The maximum absolute atomic E-state index is 13.7. The van der Waals surface area contributed by atoms with Crippen molar-refractivity contribution in [3.63, 3.8) is 0 Å². The number of anilines is 2. The highest BCUT2D eigenvalue weighted by Crippen LogP contribution is 2.34. The lowest BCUT2D eigenvalue weighted by atomic mass is 10.1. The Morgan fingerprint density at radius 3 is 2.56 bits per heavy atom. The van der Waals surface area contributed by atoms with E-state index in [0.29, 0.717) is 18.2 Å². The van der Waals surface area contributed by atoms with Crippen molar-refractivity contribution in [3.05, 3.63) is 48.5 Å². The summed E-state index contributed by atoms with van der Waals surface area (Å²) in [5.41, 5.74) is 1.67. The van der Waals surface area contributed by atoms with Crippen LogP contribution in [0.3, 0.4) is 0 Å². The molecule has 3 aromatic rings. The lowest BCUT2D eigenvalue weighted by molar-refractivity contribution is -0.124. The molecular formula is C25H31ClN4O3S. The van der Waals surface area contributed by atoms with E-state index in [9.17, 15) is 9.59 Å². The number of amides is 2. The zero-order chi connectivity index (χ0) is 23.4. The van der Waals surface area contributed by atoms with Gasteiger partial charge in [0.15, 0.2) is 5.13 Å². The van der Waals surface area contributed by atoms with E-state index in [-0.39, 0.29) is 30.6 Å². The van der Waals surface area contributed by atoms with Crippen LogP contribution >= 0.6 is 23.7 Å². The van der Waals surface area contributed by atoms with E-state index >= 15 is 0 Å². The van der Waals surface area contributed by atoms with Crippen LogP contribution in [0.5, 0.6) is 5.75 Å². The molecule has 4 rings (SSSR count). The largest absolute Gasteiger partial charge is 0.497 e. The van der Waals surface area contributed by atoms with E-state index < -0.39 is 5.92 Å². The molecule has 182 valence electrons. The van der Waals surface area contributed by atoms with Gasteiger partial charge in [-0.2, -0.15) is 0 Å². The summed E-state index contributed by atoms with van der Waals surface area (Å²) in [6, 6.07) is 15.3. The first-order valence-electron chi connectivity index (χ1n) is 11.4. The fraction of sp³-hybridized carbons (Fsp3) is 0.400. The summed E-state index contributed by atoms with van der Waals surface area (Å²) in [6.45, 7) is 7.75. The Bertz CT molecular complexity index is 1120. The molecule has 1 aromatic heterocycles. The van der Waals surface area contributed by atoms with Crippen molar-refractivity contribution in [1.29, 1.82) is 0 Å². The Hall–Kier alpha value is -2.68. The number of aromatic nitrogens is 1. The molecule has 1 fully saturated rings. The van der Waals surface area contributed by atoms with Crippen molar-refractivity contribution in [1.82, 2.24) is 9.88 Å². The van der Waals surface area contributed by atoms with E-state index in [0.717, 1.165) is 41.3 Å². The number of benzene rings is 2. The number of rotatable bonds is 9. The number of hydrogen-bond acceptors (Lipinski definition) is 6. The van der Waals surface area contributed by atoms with Crippen molar-refractivity contribution in [2.75, 3.05) is 49.6 Å². The van der Waals surface area contributed by atoms with E-state index in [1.165, 1.54) is 11.3 Å². The van der Waals surface area contributed by atoms with Crippen molar-refractivity contribution in [3.8, 4) is 5.75 Å². The van der Waals surface area contributed by atoms with Crippen LogP contribution < -0.4 is 14.5 Å². The third-order valence-corrected chi connectivity index (χ3v) is 7.20. The molecule has 2 amide bonds. The lowest BCUT2D eigenvalue weighted by Gasteiger charge is -2.26. The molecule has 0 N–H and O–H groups in total. The number of ether oxygens (including phenoxy) is 1. The zero-order valence-electron chi connectivity index (χ0n) is 19.8. The first kappa shape index (κ1) is 25.9. The molecule has 2 heterocycles. The van der Waals surface area contributed by atoms with Crippen LogP contribution in [0.4, 0.5) is 10.8 Å². The molecule has 7 nitrogen and oxygen atoms in total. The Morgan fingerprint density at radius 1 is 1.15 bits per heavy atom. The van der Waals surface area contributed by atoms with Gasteiger partial charge in [-0.05, 0) is 43.4 Å². The van der Waals surface area contributed by atoms with Crippen LogP contribution in [0.1, 0.15) is 20.3 Å². The lowest BCUT2D eigenvalue weighted by Crippen LogP contribution is -2.42. The van der Waals surface area contributed by atoms with E-state index in [1.54, 1.807) is 16.9 Å². The second-order valence-corrected chi connectivity index (χ2v) is 9.10. The quantitative estimate of drug-likeness (QED) is 0.432. The summed E-state index contributed by atoms with van der Waals surface area (Å²) in [4.78, 5) is 37.0. The second-order valence-electron chi connectivity index (χ2n) is 8.09. The molecule has 0 radical (unpaired) electrons. The molecule has 2 aromatic carbocycles. The number of nitrogens with zero attached hydrogens (tertiary/aromatic N) is 4. The maximum atomic E-state index is 13.7. The number of methoxy groups -OCH3 is 1. The second kappa shape index (κ2) is 11.6. The summed E-state index contributed by atoms with van der Waals surface area (Å²) >= 11 is 1.48. The van der Waals surface area contributed by atoms with Gasteiger partial charge in [-0.3, -0.25) is 14.5 Å². The van der Waals surface area contributed by atoms with Crippen molar-refractivity contribution in [2.24, 2.45) is 5.92 Å². The average Bonchev–Trinajstić information content (AvgIpc) is 3.45. The number of thiazole rings is 1. The van der Waals surface area contributed by atoms with Gasteiger partial charge in [-0.25, -0.2) is 4.98 Å². The number of fused-ring (bicyclic) bond motifs is 1. The first-order valence-corrected chi connectivity index (χ1v) is 12.2. The summed E-state index contributed by atoms with van der Waals surface area (Å²) in [5.74, 6) is 0.312. The Labute approximate surface area is 210 Å². The van der Waals surface area contributed by atoms with Crippen LogP contribution in [-0.2, 0) is 9.59 Å². The third-order valence-electron chi connectivity index (χ3n) is 6.16. The van der Waals surface area contributed by atoms with Gasteiger partial charge >= 0.3 is 0 Å².